The molecule has 1 aliphatic rings. The van der Waals surface area contributed by atoms with E-state index in [0.717, 1.165) is 0 Å². The minimum atomic E-state index is -0.567. The molecule has 1 aromatic carbocycles. The van der Waals surface area contributed by atoms with Crippen molar-refractivity contribution in [2.75, 3.05) is 5.32 Å². The molecule has 0 spiro atoms. The smallest absolute Gasteiger partial charge is 0.323 e. The van der Waals surface area contributed by atoms with Crippen LogP contribution in [0.5, 0.6) is 0 Å². The van der Waals surface area contributed by atoms with Gasteiger partial charge in [0.1, 0.15) is 0 Å². The number of benzene rings is 1. The average molecular weight is 273 g/mol. The zero-order valence-corrected chi connectivity index (χ0v) is 11.3. The maximum Gasteiger partial charge on any atom is 0.323 e. The Kier molecular flexibility index (Phi) is 4.76. The number of carbonyl (C=O) groups excluding carboxylic acids is 2. The number of nitrogens with two attached hydrogens (primary N) is 1. The van der Waals surface area contributed by atoms with Crippen molar-refractivity contribution >= 4 is 17.6 Å². The van der Waals surface area contributed by atoms with Crippen LogP contribution in [-0.4, -0.2) is 11.9 Å². The molecule has 0 aromatic heterocycles. The summed E-state index contributed by atoms with van der Waals surface area (Å²) >= 11 is 0. The summed E-state index contributed by atoms with van der Waals surface area (Å²) < 4.78 is 0. The lowest BCUT2D eigenvalue weighted by Crippen LogP contribution is -2.26. The van der Waals surface area contributed by atoms with Crippen LogP contribution in [0.4, 0.5) is 10.5 Å². The maximum absolute atomic E-state index is 11.7. The van der Waals surface area contributed by atoms with Crippen LogP contribution in [-0.2, 0) is 0 Å². The Hall–Kier alpha value is -2.30. The summed E-state index contributed by atoms with van der Waals surface area (Å²) in [4.78, 5) is 23.0. The molecule has 0 unspecified atom stereocenters. The van der Waals surface area contributed by atoms with Crippen molar-refractivity contribution in [2.24, 2.45) is 11.7 Å². The van der Waals surface area contributed by atoms with Crippen LogP contribution >= 0.6 is 0 Å². The second-order valence-corrected chi connectivity index (χ2v) is 4.91. The fourth-order valence-electron chi connectivity index (χ4n) is 2.38. The molecule has 3 amide bonds. The Bertz CT molecular complexity index is 520. The van der Waals surface area contributed by atoms with Gasteiger partial charge in [0.25, 0.3) is 5.91 Å². The molecular weight excluding hydrogens is 254 g/mol. The molecule has 2 rings (SSSR count). The van der Waals surface area contributed by atoms with Crippen LogP contribution in [0.1, 0.15) is 36.0 Å². The topological polar surface area (TPSA) is 84.2 Å². The average Bonchev–Trinajstić information content (AvgIpc) is 2.92. The highest BCUT2D eigenvalue weighted by atomic mass is 16.2. The van der Waals surface area contributed by atoms with E-state index in [4.69, 9.17) is 5.73 Å². The summed E-state index contributed by atoms with van der Waals surface area (Å²) in [7, 11) is 0. The lowest BCUT2D eigenvalue weighted by molar-refractivity contribution is 0.100. The van der Waals surface area contributed by atoms with Gasteiger partial charge in [0, 0.05) is 6.20 Å². The van der Waals surface area contributed by atoms with Gasteiger partial charge in [0.15, 0.2) is 0 Å². The highest BCUT2D eigenvalue weighted by Gasteiger charge is 2.12. The van der Waals surface area contributed by atoms with Crippen LogP contribution in [0.25, 0.3) is 0 Å². The molecule has 0 atom stereocenters. The lowest BCUT2D eigenvalue weighted by atomic mass is 10.1. The van der Waals surface area contributed by atoms with Crippen LogP contribution in [0.15, 0.2) is 36.5 Å². The van der Waals surface area contributed by atoms with Crippen molar-refractivity contribution in [2.45, 2.75) is 25.7 Å². The van der Waals surface area contributed by atoms with Crippen LogP contribution < -0.4 is 16.4 Å². The van der Waals surface area contributed by atoms with E-state index in [-0.39, 0.29) is 6.03 Å². The molecule has 1 aromatic rings. The number of hydrogen-bond acceptors (Lipinski definition) is 2. The van der Waals surface area contributed by atoms with Crippen molar-refractivity contribution < 1.29 is 9.59 Å². The summed E-state index contributed by atoms with van der Waals surface area (Å²) in [6.45, 7) is 0. The number of carbonyl (C=O) groups is 2. The summed E-state index contributed by atoms with van der Waals surface area (Å²) in [6.07, 6.45) is 8.57. The zero-order valence-electron chi connectivity index (χ0n) is 11.3. The number of hydrogen-bond donors (Lipinski definition) is 3. The maximum atomic E-state index is 11.7. The quantitative estimate of drug-likeness (QED) is 0.787. The molecule has 5 heteroatoms. The first kappa shape index (κ1) is 14.1. The molecule has 5 nitrogen and oxygen atoms in total. The van der Waals surface area contributed by atoms with Gasteiger partial charge in [0.2, 0.25) is 0 Å². The standard InChI is InChI=1S/C15H19N3O2/c16-14(19)12-7-3-4-8-13(12)18-15(20)17-10-9-11-5-1-2-6-11/h3-4,7-11H,1-2,5-6H2,(H2,16,19)(H2,17,18,20)/b10-9+. The van der Waals surface area contributed by atoms with Gasteiger partial charge < -0.3 is 16.4 Å². The van der Waals surface area contributed by atoms with E-state index in [1.807, 2.05) is 6.08 Å². The monoisotopic (exact) mass is 273 g/mol. The van der Waals surface area contributed by atoms with Crippen LogP contribution in [0, 0.1) is 5.92 Å². The third-order valence-electron chi connectivity index (χ3n) is 3.42. The number of amides is 3. The van der Waals surface area contributed by atoms with E-state index in [9.17, 15) is 9.59 Å². The fourth-order valence-corrected chi connectivity index (χ4v) is 2.38. The van der Waals surface area contributed by atoms with Gasteiger partial charge in [-0.3, -0.25) is 4.79 Å². The van der Waals surface area contributed by atoms with Crippen molar-refractivity contribution in [3.8, 4) is 0 Å². The molecule has 20 heavy (non-hydrogen) atoms. The fraction of sp³-hybridized carbons (Fsp3) is 0.333. The van der Waals surface area contributed by atoms with Gasteiger partial charge in [-0.25, -0.2) is 4.79 Å². The number of primary amides is 1. The van der Waals surface area contributed by atoms with Gasteiger partial charge >= 0.3 is 6.03 Å². The van der Waals surface area contributed by atoms with Gasteiger partial charge in [-0.15, -0.1) is 0 Å². The van der Waals surface area contributed by atoms with Crippen molar-refractivity contribution in [3.05, 3.63) is 42.1 Å². The molecule has 1 saturated carbocycles. The third kappa shape index (κ3) is 3.85. The van der Waals surface area contributed by atoms with E-state index >= 15 is 0 Å². The van der Waals surface area contributed by atoms with Crippen molar-refractivity contribution in [1.82, 2.24) is 5.32 Å². The Labute approximate surface area is 118 Å². The van der Waals surface area contributed by atoms with Crippen LogP contribution in [0.3, 0.4) is 0 Å². The second-order valence-electron chi connectivity index (χ2n) is 4.91. The number of rotatable bonds is 4. The Morgan fingerprint density at radius 1 is 1.20 bits per heavy atom. The first-order chi connectivity index (χ1) is 9.66. The highest BCUT2D eigenvalue weighted by Crippen LogP contribution is 2.25. The lowest BCUT2D eigenvalue weighted by Gasteiger charge is -2.08. The Morgan fingerprint density at radius 2 is 1.90 bits per heavy atom. The normalized spacial score (nSPS) is 15.4. The molecule has 106 valence electrons. The zero-order chi connectivity index (χ0) is 14.4. The van der Waals surface area contributed by atoms with E-state index in [2.05, 4.69) is 10.6 Å². The molecule has 0 bridgehead atoms. The number of anilines is 1. The number of para-hydroxylation sites is 1. The predicted molar refractivity (Wildman–Crippen MR) is 78.2 cm³/mol. The molecule has 1 aliphatic carbocycles. The molecular formula is C15H19N3O2. The van der Waals surface area contributed by atoms with E-state index in [1.165, 1.54) is 25.7 Å². The highest BCUT2D eigenvalue weighted by molar-refractivity contribution is 6.02. The molecule has 4 N–H and O–H groups in total. The molecule has 0 saturated heterocycles. The largest absolute Gasteiger partial charge is 0.366 e. The molecule has 1 fully saturated rings. The first-order valence-electron chi connectivity index (χ1n) is 6.80. The first-order valence-corrected chi connectivity index (χ1v) is 6.80. The SMILES string of the molecule is NC(=O)c1ccccc1NC(=O)N/C=C/C1CCCC1. The Balaban J connectivity index is 1.89. The number of nitrogens with one attached hydrogen (secondary N) is 2. The summed E-state index contributed by atoms with van der Waals surface area (Å²) in [6, 6.07) is 6.26. The second kappa shape index (κ2) is 6.75. The third-order valence-corrected chi connectivity index (χ3v) is 3.42. The van der Waals surface area contributed by atoms with E-state index in [1.54, 1.807) is 30.5 Å². The predicted octanol–water partition coefficient (Wildman–Crippen LogP) is 2.61. The van der Waals surface area contributed by atoms with Gasteiger partial charge in [-0.1, -0.05) is 31.1 Å². The summed E-state index contributed by atoms with van der Waals surface area (Å²) in [5.41, 5.74) is 5.95. The van der Waals surface area contributed by atoms with Gasteiger partial charge in [-0.05, 0) is 30.9 Å². The van der Waals surface area contributed by atoms with Crippen molar-refractivity contribution in [3.63, 3.8) is 0 Å². The van der Waals surface area contributed by atoms with Crippen molar-refractivity contribution in [1.29, 1.82) is 0 Å². The van der Waals surface area contributed by atoms with E-state index in [0.29, 0.717) is 17.2 Å². The Morgan fingerprint density at radius 3 is 2.60 bits per heavy atom. The summed E-state index contributed by atoms with van der Waals surface area (Å²) in [5.74, 6) is -0.00407. The minimum Gasteiger partial charge on any atom is -0.366 e. The molecule has 0 radical (unpaired) electrons. The molecule has 0 heterocycles. The van der Waals surface area contributed by atoms with Crippen LogP contribution in [0.2, 0.25) is 0 Å². The minimum absolute atomic E-state index is 0.294. The molecule has 0 aliphatic heterocycles. The number of urea groups is 1. The van der Waals surface area contributed by atoms with Gasteiger partial charge in [-0.2, -0.15) is 0 Å². The number of allylic oxidation sites excluding steroid dienone is 1. The van der Waals surface area contributed by atoms with E-state index < -0.39 is 5.91 Å². The summed E-state index contributed by atoms with van der Waals surface area (Å²) in [5, 5.41) is 5.26. The van der Waals surface area contributed by atoms with Gasteiger partial charge in [0.05, 0.1) is 11.3 Å².